The van der Waals surface area contributed by atoms with E-state index >= 15 is 0 Å². The summed E-state index contributed by atoms with van der Waals surface area (Å²) in [6.07, 6.45) is 4.96. The normalized spacial score (nSPS) is 28.6. The standard InChI is InChI=1S/C14H16N2O/c17-14(11-4-2-1-3-5-11)16-15-13-9-10-6-7-12(13)8-10/h1-5,10,12H,6-9H2,(H,16,17)/b15-13+/t10-,12+/m1/s1. The van der Waals surface area contributed by atoms with Crippen LogP contribution in [-0.4, -0.2) is 11.6 Å². The average Bonchev–Trinajstić information content (AvgIpc) is 2.99. The maximum Gasteiger partial charge on any atom is 0.271 e. The Morgan fingerprint density at radius 2 is 2.06 bits per heavy atom. The number of benzene rings is 1. The Kier molecular flexibility index (Phi) is 2.67. The summed E-state index contributed by atoms with van der Waals surface area (Å²) in [4.78, 5) is 11.8. The first-order valence-corrected chi connectivity index (χ1v) is 6.25. The SMILES string of the molecule is O=C(N/N=C1\C[C@@H]2CC[C@H]1C2)c1ccccc1. The molecule has 0 aliphatic heterocycles. The quantitative estimate of drug-likeness (QED) is 0.777. The van der Waals surface area contributed by atoms with Crippen LogP contribution >= 0.6 is 0 Å². The lowest BCUT2D eigenvalue weighted by Crippen LogP contribution is -2.21. The van der Waals surface area contributed by atoms with Crippen LogP contribution in [0.1, 0.15) is 36.0 Å². The van der Waals surface area contributed by atoms with E-state index in [1.54, 1.807) is 12.1 Å². The van der Waals surface area contributed by atoms with Crippen molar-refractivity contribution in [3.63, 3.8) is 0 Å². The predicted molar refractivity (Wildman–Crippen MR) is 66.8 cm³/mol. The molecule has 3 nitrogen and oxygen atoms in total. The Bertz CT molecular complexity index is 453. The summed E-state index contributed by atoms with van der Waals surface area (Å²) in [5.41, 5.74) is 4.54. The van der Waals surface area contributed by atoms with Crippen LogP contribution in [0.25, 0.3) is 0 Å². The third-order valence-corrected chi connectivity index (χ3v) is 3.85. The summed E-state index contributed by atoms with van der Waals surface area (Å²) in [6, 6.07) is 9.23. The van der Waals surface area contributed by atoms with Crippen molar-refractivity contribution in [2.45, 2.75) is 25.7 Å². The van der Waals surface area contributed by atoms with Crippen molar-refractivity contribution < 1.29 is 4.79 Å². The van der Waals surface area contributed by atoms with Crippen LogP contribution < -0.4 is 5.43 Å². The molecule has 1 aromatic carbocycles. The highest BCUT2D eigenvalue weighted by Crippen LogP contribution is 2.42. The first-order valence-electron chi connectivity index (χ1n) is 6.25. The highest BCUT2D eigenvalue weighted by Gasteiger charge is 2.36. The number of rotatable bonds is 2. The van der Waals surface area contributed by atoms with Crippen LogP contribution in [-0.2, 0) is 0 Å². The zero-order valence-corrected chi connectivity index (χ0v) is 9.73. The predicted octanol–water partition coefficient (Wildman–Crippen LogP) is 2.59. The topological polar surface area (TPSA) is 41.5 Å². The molecule has 0 heterocycles. The molecular formula is C14H16N2O. The number of carbonyl (C=O) groups excluding carboxylic acids is 1. The Hall–Kier alpha value is -1.64. The van der Waals surface area contributed by atoms with Crippen LogP contribution in [0.3, 0.4) is 0 Å². The minimum absolute atomic E-state index is 0.110. The second-order valence-corrected chi connectivity index (χ2v) is 4.99. The summed E-state index contributed by atoms with van der Waals surface area (Å²) >= 11 is 0. The second-order valence-electron chi connectivity index (χ2n) is 4.99. The number of hydrogen-bond acceptors (Lipinski definition) is 2. The Morgan fingerprint density at radius 3 is 2.71 bits per heavy atom. The first kappa shape index (κ1) is 10.5. The van der Waals surface area contributed by atoms with Gasteiger partial charge in [0.15, 0.2) is 0 Å². The van der Waals surface area contributed by atoms with Crippen LogP contribution in [0, 0.1) is 11.8 Å². The number of carbonyl (C=O) groups is 1. The summed E-state index contributed by atoms with van der Waals surface area (Å²) in [7, 11) is 0. The molecule has 0 saturated heterocycles. The zero-order valence-electron chi connectivity index (χ0n) is 9.73. The van der Waals surface area contributed by atoms with Crippen molar-refractivity contribution in [1.82, 2.24) is 5.43 Å². The van der Waals surface area contributed by atoms with E-state index in [0.717, 1.165) is 12.3 Å². The molecule has 0 unspecified atom stereocenters. The molecule has 2 saturated carbocycles. The van der Waals surface area contributed by atoms with E-state index in [-0.39, 0.29) is 5.91 Å². The van der Waals surface area contributed by atoms with E-state index in [2.05, 4.69) is 10.5 Å². The lowest BCUT2D eigenvalue weighted by Gasteiger charge is -2.11. The van der Waals surface area contributed by atoms with Gasteiger partial charge in [0.2, 0.25) is 0 Å². The summed E-state index contributed by atoms with van der Waals surface area (Å²) in [5.74, 6) is 1.35. The van der Waals surface area contributed by atoms with Crippen LogP contribution in [0.2, 0.25) is 0 Å². The molecule has 2 bridgehead atoms. The largest absolute Gasteiger partial charge is 0.271 e. The van der Waals surface area contributed by atoms with Crippen molar-refractivity contribution in [2.75, 3.05) is 0 Å². The van der Waals surface area contributed by atoms with Crippen LogP contribution in [0.4, 0.5) is 0 Å². The number of fused-ring (bicyclic) bond motifs is 2. The van der Waals surface area contributed by atoms with Gasteiger partial charge >= 0.3 is 0 Å². The molecule has 2 fully saturated rings. The summed E-state index contributed by atoms with van der Waals surface area (Å²) < 4.78 is 0. The first-order chi connectivity index (χ1) is 8.33. The molecule has 2 aliphatic carbocycles. The molecule has 0 radical (unpaired) electrons. The molecule has 2 atom stereocenters. The van der Waals surface area contributed by atoms with Gasteiger partial charge in [-0.15, -0.1) is 0 Å². The van der Waals surface area contributed by atoms with Gasteiger partial charge in [0, 0.05) is 11.3 Å². The number of nitrogens with zero attached hydrogens (tertiary/aromatic N) is 1. The number of amides is 1. The van der Waals surface area contributed by atoms with E-state index in [0.29, 0.717) is 11.5 Å². The third-order valence-electron chi connectivity index (χ3n) is 3.85. The highest BCUT2D eigenvalue weighted by molar-refractivity contribution is 5.96. The fraction of sp³-hybridized carbons (Fsp3) is 0.429. The molecule has 88 valence electrons. The van der Waals surface area contributed by atoms with Gasteiger partial charge in [-0.3, -0.25) is 4.79 Å². The number of hydrogen-bond donors (Lipinski definition) is 1. The van der Waals surface area contributed by atoms with Crippen molar-refractivity contribution in [2.24, 2.45) is 16.9 Å². The maximum atomic E-state index is 11.8. The third kappa shape index (κ3) is 2.09. The average molecular weight is 228 g/mol. The van der Waals surface area contributed by atoms with Gasteiger partial charge < -0.3 is 0 Å². The zero-order chi connectivity index (χ0) is 11.7. The van der Waals surface area contributed by atoms with E-state index in [9.17, 15) is 4.79 Å². The summed E-state index contributed by atoms with van der Waals surface area (Å²) in [5, 5.41) is 4.30. The molecule has 3 heteroatoms. The monoisotopic (exact) mass is 228 g/mol. The van der Waals surface area contributed by atoms with Crippen LogP contribution in [0.15, 0.2) is 35.4 Å². The minimum Gasteiger partial charge on any atom is -0.267 e. The maximum absolute atomic E-state index is 11.8. The smallest absolute Gasteiger partial charge is 0.267 e. The molecule has 1 aromatic rings. The molecule has 0 aromatic heterocycles. The molecule has 0 spiro atoms. The number of hydrazone groups is 1. The van der Waals surface area contributed by atoms with E-state index in [4.69, 9.17) is 0 Å². The molecular weight excluding hydrogens is 212 g/mol. The highest BCUT2D eigenvalue weighted by atomic mass is 16.2. The number of nitrogens with one attached hydrogen (secondary N) is 1. The van der Waals surface area contributed by atoms with Gasteiger partial charge in [-0.2, -0.15) is 5.10 Å². The molecule has 3 rings (SSSR count). The molecule has 17 heavy (non-hydrogen) atoms. The Morgan fingerprint density at radius 1 is 1.24 bits per heavy atom. The molecule has 1 amide bonds. The fourth-order valence-electron chi connectivity index (χ4n) is 2.94. The van der Waals surface area contributed by atoms with Crippen molar-refractivity contribution in [3.05, 3.63) is 35.9 Å². The summed E-state index contributed by atoms with van der Waals surface area (Å²) in [6.45, 7) is 0. The Balaban J connectivity index is 1.65. The van der Waals surface area contributed by atoms with E-state index in [1.165, 1.54) is 25.0 Å². The van der Waals surface area contributed by atoms with Crippen molar-refractivity contribution in [1.29, 1.82) is 0 Å². The van der Waals surface area contributed by atoms with Gasteiger partial charge in [-0.25, -0.2) is 5.43 Å². The van der Waals surface area contributed by atoms with Gasteiger partial charge in [0.05, 0.1) is 0 Å². The molecule has 2 aliphatic rings. The van der Waals surface area contributed by atoms with Gasteiger partial charge in [-0.1, -0.05) is 18.2 Å². The van der Waals surface area contributed by atoms with E-state index < -0.39 is 0 Å². The minimum atomic E-state index is -0.110. The molecule has 1 N–H and O–H groups in total. The van der Waals surface area contributed by atoms with Crippen LogP contribution in [0.5, 0.6) is 0 Å². The lowest BCUT2D eigenvalue weighted by atomic mass is 9.99. The van der Waals surface area contributed by atoms with Gasteiger partial charge in [-0.05, 0) is 49.7 Å². The van der Waals surface area contributed by atoms with E-state index in [1.807, 2.05) is 18.2 Å². The fourth-order valence-corrected chi connectivity index (χ4v) is 2.94. The van der Waals surface area contributed by atoms with Crippen molar-refractivity contribution in [3.8, 4) is 0 Å². The van der Waals surface area contributed by atoms with Gasteiger partial charge in [0.1, 0.15) is 0 Å². The lowest BCUT2D eigenvalue weighted by molar-refractivity contribution is 0.0954. The van der Waals surface area contributed by atoms with Gasteiger partial charge in [0.25, 0.3) is 5.91 Å². The Labute approximate surface area is 101 Å². The second kappa shape index (κ2) is 4.32. The van der Waals surface area contributed by atoms with Crippen molar-refractivity contribution >= 4 is 11.6 Å².